The number of rotatable bonds is 6. The van der Waals surface area contributed by atoms with Crippen molar-refractivity contribution in [2.75, 3.05) is 17.2 Å². The fourth-order valence-corrected chi connectivity index (χ4v) is 2.27. The van der Waals surface area contributed by atoms with E-state index in [0.29, 0.717) is 24.5 Å². The predicted octanol–water partition coefficient (Wildman–Crippen LogP) is 2.93. The van der Waals surface area contributed by atoms with Crippen LogP contribution in [0.1, 0.15) is 37.2 Å². The van der Waals surface area contributed by atoms with Crippen molar-refractivity contribution in [3.05, 3.63) is 42.2 Å². The second-order valence-corrected chi connectivity index (χ2v) is 4.91. The van der Waals surface area contributed by atoms with Crippen molar-refractivity contribution in [1.29, 1.82) is 0 Å². The summed E-state index contributed by atoms with van der Waals surface area (Å²) in [6.07, 6.45) is 3.51. The van der Waals surface area contributed by atoms with E-state index in [4.69, 9.17) is 5.73 Å². The van der Waals surface area contributed by atoms with Crippen molar-refractivity contribution in [3.63, 3.8) is 0 Å². The monoisotopic (exact) mass is 286 g/mol. The smallest absolute Gasteiger partial charge is 0.278 e. The maximum absolute atomic E-state index is 12.9. The lowest BCUT2D eigenvalue weighted by molar-refractivity contribution is 0.0977. The van der Waals surface area contributed by atoms with Crippen LogP contribution in [0, 0.1) is 0 Å². The number of hydrogen-bond donors (Lipinski definition) is 1. The number of aryl methyl sites for hydroxylation is 1. The van der Waals surface area contributed by atoms with E-state index < -0.39 is 0 Å². The van der Waals surface area contributed by atoms with Gasteiger partial charge in [0.05, 0.1) is 11.9 Å². The second kappa shape index (κ2) is 6.92. The molecule has 1 heterocycles. The van der Waals surface area contributed by atoms with E-state index in [1.54, 1.807) is 15.8 Å². The molecule has 0 spiro atoms. The van der Waals surface area contributed by atoms with Gasteiger partial charge in [-0.2, -0.15) is 5.10 Å². The number of carbonyl (C=O) groups is 1. The van der Waals surface area contributed by atoms with Gasteiger partial charge in [-0.05, 0) is 25.5 Å². The largest absolute Gasteiger partial charge is 0.396 e. The fraction of sp³-hybridized carbons (Fsp3) is 0.375. The van der Waals surface area contributed by atoms with Crippen LogP contribution >= 0.6 is 0 Å². The Morgan fingerprint density at radius 1 is 1.29 bits per heavy atom. The molecule has 0 aliphatic carbocycles. The minimum Gasteiger partial charge on any atom is -0.396 e. The summed E-state index contributed by atoms with van der Waals surface area (Å²) in [6, 6.07) is 9.69. The lowest BCUT2D eigenvalue weighted by Gasteiger charge is -2.23. The molecule has 1 aromatic heterocycles. The van der Waals surface area contributed by atoms with Crippen molar-refractivity contribution in [2.45, 2.75) is 33.2 Å². The SMILES string of the molecule is CCCCN(C(=O)c1c(N)cnn1CC)c1ccccc1. The maximum atomic E-state index is 12.9. The molecule has 0 saturated carbocycles. The van der Waals surface area contributed by atoms with Gasteiger partial charge < -0.3 is 10.6 Å². The van der Waals surface area contributed by atoms with Gasteiger partial charge in [0, 0.05) is 18.8 Å². The van der Waals surface area contributed by atoms with Gasteiger partial charge >= 0.3 is 0 Å². The van der Waals surface area contributed by atoms with Gasteiger partial charge in [-0.3, -0.25) is 9.48 Å². The van der Waals surface area contributed by atoms with Crippen molar-refractivity contribution in [1.82, 2.24) is 9.78 Å². The summed E-state index contributed by atoms with van der Waals surface area (Å²) >= 11 is 0. The summed E-state index contributed by atoms with van der Waals surface area (Å²) < 4.78 is 1.65. The molecule has 0 atom stereocenters. The molecule has 1 amide bonds. The number of benzene rings is 1. The third kappa shape index (κ3) is 3.24. The molecule has 5 nitrogen and oxygen atoms in total. The average molecular weight is 286 g/mol. The Balaban J connectivity index is 2.36. The zero-order valence-corrected chi connectivity index (χ0v) is 12.6. The zero-order chi connectivity index (χ0) is 15.2. The average Bonchev–Trinajstić information content (AvgIpc) is 2.89. The molecule has 0 unspecified atom stereocenters. The molecule has 2 N–H and O–H groups in total. The second-order valence-electron chi connectivity index (χ2n) is 4.91. The van der Waals surface area contributed by atoms with Crippen LogP contribution in [0.4, 0.5) is 11.4 Å². The topological polar surface area (TPSA) is 64.2 Å². The predicted molar refractivity (Wildman–Crippen MR) is 85.3 cm³/mol. The highest BCUT2D eigenvalue weighted by molar-refractivity contribution is 6.08. The van der Waals surface area contributed by atoms with Crippen molar-refractivity contribution in [2.24, 2.45) is 0 Å². The third-order valence-corrected chi connectivity index (χ3v) is 3.42. The molecule has 0 aliphatic rings. The summed E-state index contributed by atoms with van der Waals surface area (Å²) in [5.74, 6) is -0.0912. The summed E-state index contributed by atoms with van der Waals surface area (Å²) in [5, 5.41) is 4.16. The van der Waals surface area contributed by atoms with Gasteiger partial charge in [-0.1, -0.05) is 31.5 Å². The van der Waals surface area contributed by atoms with Crippen LogP contribution in [0.5, 0.6) is 0 Å². The number of nitrogens with zero attached hydrogens (tertiary/aromatic N) is 3. The van der Waals surface area contributed by atoms with Crippen molar-refractivity contribution in [3.8, 4) is 0 Å². The molecule has 2 rings (SSSR count). The van der Waals surface area contributed by atoms with E-state index in [0.717, 1.165) is 18.5 Å². The number of nitrogen functional groups attached to an aromatic ring is 1. The van der Waals surface area contributed by atoms with E-state index in [9.17, 15) is 4.79 Å². The number of unbranched alkanes of at least 4 members (excludes halogenated alkanes) is 1. The number of hydrogen-bond acceptors (Lipinski definition) is 3. The molecule has 0 saturated heterocycles. The lowest BCUT2D eigenvalue weighted by atomic mass is 10.2. The molecular weight excluding hydrogens is 264 g/mol. The van der Waals surface area contributed by atoms with Gasteiger partial charge in [0.1, 0.15) is 5.69 Å². The van der Waals surface area contributed by atoms with Crippen LogP contribution in [0.2, 0.25) is 0 Å². The van der Waals surface area contributed by atoms with Gasteiger partial charge in [-0.25, -0.2) is 0 Å². The molecular formula is C16H22N4O. The molecule has 0 bridgehead atoms. The quantitative estimate of drug-likeness (QED) is 0.888. The van der Waals surface area contributed by atoms with Crippen LogP contribution in [0.3, 0.4) is 0 Å². The summed E-state index contributed by atoms with van der Waals surface area (Å²) in [5.41, 5.74) is 7.72. The third-order valence-electron chi connectivity index (χ3n) is 3.42. The Morgan fingerprint density at radius 3 is 2.62 bits per heavy atom. The first-order valence-corrected chi connectivity index (χ1v) is 7.37. The fourth-order valence-electron chi connectivity index (χ4n) is 2.27. The number of aromatic nitrogens is 2. The molecule has 2 aromatic rings. The number of anilines is 2. The van der Waals surface area contributed by atoms with E-state index in [2.05, 4.69) is 12.0 Å². The van der Waals surface area contributed by atoms with Gasteiger partial charge in [0.25, 0.3) is 5.91 Å². The zero-order valence-electron chi connectivity index (χ0n) is 12.6. The van der Waals surface area contributed by atoms with Crippen LogP contribution in [0.15, 0.2) is 36.5 Å². The minimum absolute atomic E-state index is 0.0912. The van der Waals surface area contributed by atoms with Crippen LogP contribution in [0.25, 0.3) is 0 Å². The molecule has 1 aromatic carbocycles. The normalized spacial score (nSPS) is 10.6. The lowest BCUT2D eigenvalue weighted by Crippen LogP contribution is -2.34. The van der Waals surface area contributed by atoms with Gasteiger partial charge in [-0.15, -0.1) is 0 Å². The van der Waals surface area contributed by atoms with Gasteiger partial charge in [0.15, 0.2) is 0 Å². The van der Waals surface area contributed by atoms with E-state index in [-0.39, 0.29) is 5.91 Å². The van der Waals surface area contributed by atoms with Crippen molar-refractivity contribution < 1.29 is 4.79 Å². The van der Waals surface area contributed by atoms with Gasteiger partial charge in [0.2, 0.25) is 0 Å². The van der Waals surface area contributed by atoms with E-state index in [1.807, 2.05) is 37.3 Å². The molecule has 0 fully saturated rings. The van der Waals surface area contributed by atoms with Crippen LogP contribution < -0.4 is 10.6 Å². The van der Waals surface area contributed by atoms with E-state index in [1.165, 1.54) is 0 Å². The molecule has 5 heteroatoms. The molecule has 21 heavy (non-hydrogen) atoms. The summed E-state index contributed by atoms with van der Waals surface area (Å²) in [7, 11) is 0. The summed E-state index contributed by atoms with van der Waals surface area (Å²) in [6.45, 7) is 5.35. The van der Waals surface area contributed by atoms with Crippen LogP contribution in [-0.4, -0.2) is 22.2 Å². The Labute approximate surface area is 125 Å². The highest BCUT2D eigenvalue weighted by Gasteiger charge is 2.23. The Kier molecular flexibility index (Phi) is 4.98. The van der Waals surface area contributed by atoms with Crippen molar-refractivity contribution >= 4 is 17.3 Å². The first kappa shape index (κ1) is 15.1. The first-order chi connectivity index (χ1) is 10.2. The highest BCUT2D eigenvalue weighted by atomic mass is 16.2. The standard InChI is InChI=1S/C16H22N4O/c1-3-5-11-19(13-9-7-6-8-10-13)16(21)15-14(17)12-18-20(15)4-2/h6-10,12H,3-5,11,17H2,1-2H3. The highest BCUT2D eigenvalue weighted by Crippen LogP contribution is 2.20. The number of nitrogens with two attached hydrogens (primary N) is 1. The molecule has 0 radical (unpaired) electrons. The first-order valence-electron chi connectivity index (χ1n) is 7.37. The Bertz CT molecular complexity index is 592. The van der Waals surface area contributed by atoms with E-state index >= 15 is 0 Å². The maximum Gasteiger partial charge on any atom is 0.278 e. The van der Waals surface area contributed by atoms with Crippen LogP contribution in [-0.2, 0) is 6.54 Å². The minimum atomic E-state index is -0.0912. The Hall–Kier alpha value is -2.30. The molecule has 112 valence electrons. The Morgan fingerprint density at radius 2 is 2.00 bits per heavy atom. The molecule has 0 aliphatic heterocycles. The number of carbonyl (C=O) groups excluding carboxylic acids is 1. The number of para-hydroxylation sites is 1. The number of amides is 1. The summed E-state index contributed by atoms with van der Waals surface area (Å²) in [4.78, 5) is 14.7.